The number of aryl methyl sites for hydroxylation is 2. The lowest BCUT2D eigenvalue weighted by Crippen LogP contribution is -2.38. The van der Waals surface area contributed by atoms with Crippen LogP contribution in [0.3, 0.4) is 0 Å². The molecule has 152 valence electrons. The van der Waals surface area contributed by atoms with E-state index in [0.717, 1.165) is 46.5 Å². The van der Waals surface area contributed by atoms with Gasteiger partial charge in [-0.1, -0.05) is 0 Å². The first-order valence-corrected chi connectivity index (χ1v) is 10.4. The zero-order valence-electron chi connectivity index (χ0n) is 16.6. The topological polar surface area (TPSA) is 67.8 Å². The average Bonchev–Trinajstić information content (AvgIpc) is 2.99. The number of ether oxygens (including phenoxy) is 2. The highest BCUT2D eigenvalue weighted by molar-refractivity contribution is 7.11. The molecule has 0 saturated carbocycles. The van der Waals surface area contributed by atoms with Gasteiger partial charge in [0.25, 0.3) is 0 Å². The van der Waals surface area contributed by atoms with E-state index in [0.29, 0.717) is 26.1 Å². The number of nitrogens with zero attached hydrogens (tertiary/aromatic N) is 2. The minimum Gasteiger partial charge on any atom is -0.467 e. The Kier molecular flexibility index (Phi) is 7.22. The molecule has 1 aliphatic rings. The number of hydrogen-bond acceptors (Lipinski definition) is 5. The summed E-state index contributed by atoms with van der Waals surface area (Å²) in [6.45, 7) is 8.81. The van der Waals surface area contributed by atoms with E-state index < -0.39 is 0 Å². The number of aliphatic imine (C=N–C) groups is 1. The van der Waals surface area contributed by atoms with E-state index in [4.69, 9.17) is 9.47 Å². The Hall–Kier alpha value is -2.19. The molecule has 2 aromatic rings. The van der Waals surface area contributed by atoms with Crippen LogP contribution in [-0.4, -0.2) is 37.4 Å². The summed E-state index contributed by atoms with van der Waals surface area (Å²) in [5, 5.41) is 7.66. The van der Waals surface area contributed by atoms with Crippen LogP contribution in [0.15, 0.2) is 17.1 Å². The summed E-state index contributed by atoms with van der Waals surface area (Å²) in [7, 11) is 0. The number of guanidine groups is 1. The van der Waals surface area contributed by atoms with E-state index in [-0.39, 0.29) is 12.6 Å². The van der Waals surface area contributed by atoms with Crippen molar-refractivity contribution in [3.8, 4) is 5.75 Å². The molecule has 0 amide bonds. The lowest BCUT2D eigenvalue weighted by Gasteiger charge is -2.21. The van der Waals surface area contributed by atoms with Crippen molar-refractivity contribution < 1.29 is 13.9 Å². The molecular formula is C20H27FN4O2S. The molecule has 0 saturated heterocycles. The molecule has 0 radical (unpaired) electrons. The summed E-state index contributed by atoms with van der Waals surface area (Å²) in [5.41, 5.74) is 2.70. The Bertz CT molecular complexity index is 818. The number of nitrogens with one attached hydrogen (secondary N) is 2. The molecule has 2 heterocycles. The van der Waals surface area contributed by atoms with Gasteiger partial charge >= 0.3 is 0 Å². The first kappa shape index (κ1) is 20.5. The first-order valence-electron chi connectivity index (χ1n) is 9.53. The minimum absolute atomic E-state index is 0.207. The van der Waals surface area contributed by atoms with E-state index >= 15 is 0 Å². The summed E-state index contributed by atoms with van der Waals surface area (Å²) in [5.74, 6) is 1.23. The fourth-order valence-electron chi connectivity index (χ4n) is 3.01. The maximum Gasteiger partial charge on any atom is 0.191 e. The van der Waals surface area contributed by atoms with E-state index in [9.17, 15) is 4.39 Å². The average molecular weight is 407 g/mol. The Labute approximate surface area is 169 Å². The van der Waals surface area contributed by atoms with Crippen molar-refractivity contribution in [1.82, 2.24) is 15.6 Å². The van der Waals surface area contributed by atoms with E-state index in [2.05, 4.69) is 27.5 Å². The standard InChI is InChI=1S/C20H27FN4O2S/c1-4-22-20(24-8-6-18-25-13(2)14(3)28-18)23-7-5-15-9-17(21)10-16-11-26-12-27-19(15)16/h9-10H,4-8,11-12H2,1-3H3,(H2,22,23,24). The van der Waals surface area contributed by atoms with Crippen LogP contribution in [-0.2, 0) is 24.2 Å². The molecule has 0 unspecified atom stereocenters. The van der Waals surface area contributed by atoms with Crippen molar-refractivity contribution in [3.05, 3.63) is 44.7 Å². The second-order valence-electron chi connectivity index (χ2n) is 6.60. The van der Waals surface area contributed by atoms with Gasteiger partial charge in [-0.15, -0.1) is 11.3 Å². The monoisotopic (exact) mass is 406 g/mol. The van der Waals surface area contributed by atoms with Crippen LogP contribution in [0.25, 0.3) is 0 Å². The van der Waals surface area contributed by atoms with Gasteiger partial charge in [0.2, 0.25) is 0 Å². The summed E-state index contributed by atoms with van der Waals surface area (Å²) in [4.78, 5) is 10.4. The van der Waals surface area contributed by atoms with Crippen LogP contribution in [0, 0.1) is 19.7 Å². The van der Waals surface area contributed by atoms with Crippen molar-refractivity contribution in [1.29, 1.82) is 0 Å². The number of fused-ring (bicyclic) bond motifs is 1. The Morgan fingerprint density at radius 1 is 1.29 bits per heavy atom. The molecule has 2 N–H and O–H groups in total. The molecule has 0 bridgehead atoms. The maximum absolute atomic E-state index is 13.8. The lowest BCUT2D eigenvalue weighted by atomic mass is 10.1. The fraction of sp³-hybridized carbons (Fsp3) is 0.500. The van der Waals surface area contributed by atoms with Crippen molar-refractivity contribution in [3.63, 3.8) is 0 Å². The summed E-state index contributed by atoms with van der Waals surface area (Å²) >= 11 is 1.73. The van der Waals surface area contributed by atoms with Gasteiger partial charge in [0, 0.05) is 36.5 Å². The normalized spacial score (nSPS) is 13.8. The molecule has 28 heavy (non-hydrogen) atoms. The fourth-order valence-corrected chi connectivity index (χ4v) is 3.93. The summed E-state index contributed by atoms with van der Waals surface area (Å²) in [6, 6.07) is 3.00. The van der Waals surface area contributed by atoms with Gasteiger partial charge in [-0.2, -0.15) is 0 Å². The molecule has 1 aromatic carbocycles. The van der Waals surface area contributed by atoms with Crippen molar-refractivity contribution in [2.75, 3.05) is 26.4 Å². The number of benzene rings is 1. The third-order valence-corrected chi connectivity index (χ3v) is 5.58. The predicted molar refractivity (Wildman–Crippen MR) is 110 cm³/mol. The molecule has 3 rings (SSSR count). The van der Waals surface area contributed by atoms with E-state index in [1.807, 2.05) is 13.8 Å². The van der Waals surface area contributed by atoms with Gasteiger partial charge in [-0.25, -0.2) is 9.37 Å². The van der Waals surface area contributed by atoms with Crippen LogP contribution in [0.4, 0.5) is 4.39 Å². The van der Waals surface area contributed by atoms with E-state index in [1.54, 1.807) is 11.3 Å². The minimum atomic E-state index is -0.266. The van der Waals surface area contributed by atoms with Gasteiger partial charge in [0.1, 0.15) is 11.6 Å². The van der Waals surface area contributed by atoms with Crippen LogP contribution in [0.5, 0.6) is 5.75 Å². The van der Waals surface area contributed by atoms with Crippen molar-refractivity contribution in [2.45, 2.75) is 40.2 Å². The highest BCUT2D eigenvalue weighted by Gasteiger charge is 2.16. The zero-order valence-corrected chi connectivity index (χ0v) is 17.4. The third kappa shape index (κ3) is 5.42. The number of rotatable bonds is 7. The SMILES string of the molecule is CCNC(=NCCc1nc(C)c(C)s1)NCCc1cc(F)cc2c1OCOC2. The largest absolute Gasteiger partial charge is 0.467 e. The zero-order chi connectivity index (χ0) is 19.9. The molecule has 0 atom stereocenters. The van der Waals surface area contributed by atoms with Crippen LogP contribution < -0.4 is 15.4 Å². The van der Waals surface area contributed by atoms with Gasteiger partial charge in [0.05, 0.1) is 17.3 Å². The molecule has 1 aliphatic heterocycles. The van der Waals surface area contributed by atoms with Crippen LogP contribution in [0.1, 0.15) is 33.6 Å². The van der Waals surface area contributed by atoms with Gasteiger partial charge in [-0.05, 0) is 44.9 Å². The molecule has 0 fully saturated rings. The van der Waals surface area contributed by atoms with E-state index in [1.165, 1.54) is 17.0 Å². The van der Waals surface area contributed by atoms with Crippen molar-refractivity contribution in [2.24, 2.45) is 4.99 Å². The Morgan fingerprint density at radius 3 is 2.89 bits per heavy atom. The summed E-state index contributed by atoms with van der Waals surface area (Å²) < 4.78 is 24.7. The highest BCUT2D eigenvalue weighted by atomic mass is 32.1. The highest BCUT2D eigenvalue weighted by Crippen LogP contribution is 2.29. The Balaban J connectivity index is 1.55. The van der Waals surface area contributed by atoms with Crippen LogP contribution in [0.2, 0.25) is 0 Å². The van der Waals surface area contributed by atoms with Gasteiger partial charge < -0.3 is 20.1 Å². The van der Waals surface area contributed by atoms with Gasteiger partial charge in [-0.3, -0.25) is 4.99 Å². The maximum atomic E-state index is 13.8. The van der Waals surface area contributed by atoms with Gasteiger partial charge in [0.15, 0.2) is 12.8 Å². The van der Waals surface area contributed by atoms with Crippen molar-refractivity contribution >= 4 is 17.3 Å². The number of halogens is 1. The second kappa shape index (κ2) is 9.84. The molecule has 1 aromatic heterocycles. The number of thiazole rings is 1. The quantitative estimate of drug-likeness (QED) is 0.546. The molecule has 8 heteroatoms. The molecular weight excluding hydrogens is 379 g/mol. The molecule has 0 aliphatic carbocycles. The molecule has 6 nitrogen and oxygen atoms in total. The second-order valence-corrected chi connectivity index (χ2v) is 7.89. The first-order chi connectivity index (χ1) is 13.6. The predicted octanol–water partition coefficient (Wildman–Crippen LogP) is 3.11. The number of hydrogen-bond donors (Lipinski definition) is 2. The lowest BCUT2D eigenvalue weighted by molar-refractivity contribution is -0.0172. The van der Waals surface area contributed by atoms with Crippen LogP contribution >= 0.6 is 11.3 Å². The molecule has 0 spiro atoms. The smallest absolute Gasteiger partial charge is 0.191 e. The Morgan fingerprint density at radius 2 is 2.14 bits per heavy atom. The number of aromatic nitrogens is 1. The third-order valence-electron chi connectivity index (χ3n) is 4.45. The summed E-state index contributed by atoms with van der Waals surface area (Å²) in [6.07, 6.45) is 1.45.